The lowest BCUT2D eigenvalue weighted by Crippen LogP contribution is -2.34. The van der Waals surface area contributed by atoms with Crippen LogP contribution in [0.25, 0.3) is 0 Å². The van der Waals surface area contributed by atoms with E-state index in [1.165, 1.54) is 0 Å². The Morgan fingerprint density at radius 2 is 1.62 bits per heavy atom. The lowest BCUT2D eigenvalue weighted by atomic mass is 10.1. The van der Waals surface area contributed by atoms with Crippen molar-refractivity contribution in [3.63, 3.8) is 0 Å². The van der Waals surface area contributed by atoms with Gasteiger partial charge in [-0.3, -0.25) is 4.79 Å². The number of nitrogens with zero attached hydrogens (tertiary/aromatic N) is 1. The van der Waals surface area contributed by atoms with Gasteiger partial charge in [0.25, 0.3) is 5.91 Å². The maximum absolute atomic E-state index is 12.5. The molecule has 118 valence electrons. The molecular formula is C15H21Cl2NO3. The van der Waals surface area contributed by atoms with Gasteiger partial charge >= 0.3 is 0 Å². The standard InChI is InChI=1S/C15H21Cl2NO3/c1-3-20-13-6-5-12(11-14(13)21-4-2)15(19)18(9-7-16)10-8-17/h5-6,11H,3-4,7-10H2,1-2H3. The molecule has 0 atom stereocenters. The van der Waals surface area contributed by atoms with Crippen molar-refractivity contribution in [2.24, 2.45) is 0 Å². The number of alkyl halides is 2. The molecule has 0 N–H and O–H groups in total. The average Bonchev–Trinajstić information content (AvgIpc) is 2.48. The van der Waals surface area contributed by atoms with E-state index < -0.39 is 0 Å². The van der Waals surface area contributed by atoms with Gasteiger partial charge in [0.1, 0.15) is 0 Å². The number of rotatable bonds is 9. The Balaban J connectivity index is 3.00. The van der Waals surface area contributed by atoms with Crippen LogP contribution in [0.15, 0.2) is 18.2 Å². The third kappa shape index (κ3) is 5.29. The third-order valence-electron chi connectivity index (χ3n) is 2.79. The Hall–Kier alpha value is -1.13. The number of hydrogen-bond acceptors (Lipinski definition) is 3. The number of benzene rings is 1. The zero-order valence-corrected chi connectivity index (χ0v) is 13.9. The zero-order valence-electron chi connectivity index (χ0n) is 12.4. The van der Waals surface area contributed by atoms with Gasteiger partial charge in [0.2, 0.25) is 0 Å². The molecule has 6 heteroatoms. The van der Waals surface area contributed by atoms with Crippen molar-refractivity contribution in [1.29, 1.82) is 0 Å². The van der Waals surface area contributed by atoms with E-state index in [1.54, 1.807) is 23.1 Å². The van der Waals surface area contributed by atoms with E-state index in [1.807, 2.05) is 13.8 Å². The van der Waals surface area contributed by atoms with Crippen molar-refractivity contribution in [3.05, 3.63) is 23.8 Å². The van der Waals surface area contributed by atoms with Gasteiger partial charge < -0.3 is 14.4 Å². The van der Waals surface area contributed by atoms with Gasteiger partial charge in [-0.2, -0.15) is 0 Å². The normalized spacial score (nSPS) is 10.3. The fraction of sp³-hybridized carbons (Fsp3) is 0.533. The highest BCUT2D eigenvalue weighted by atomic mass is 35.5. The maximum atomic E-state index is 12.5. The summed E-state index contributed by atoms with van der Waals surface area (Å²) in [6.45, 7) is 5.76. The number of ether oxygens (including phenoxy) is 2. The predicted molar refractivity (Wildman–Crippen MR) is 86.1 cm³/mol. The second-order valence-electron chi connectivity index (χ2n) is 4.20. The largest absolute Gasteiger partial charge is 0.490 e. The quantitative estimate of drug-likeness (QED) is 0.650. The summed E-state index contributed by atoms with van der Waals surface area (Å²) in [6.07, 6.45) is 0. The van der Waals surface area contributed by atoms with Gasteiger partial charge in [-0.15, -0.1) is 23.2 Å². The highest BCUT2D eigenvalue weighted by Crippen LogP contribution is 2.29. The summed E-state index contributed by atoms with van der Waals surface area (Å²) < 4.78 is 11.0. The molecule has 0 bridgehead atoms. The highest BCUT2D eigenvalue weighted by molar-refractivity contribution is 6.18. The molecule has 21 heavy (non-hydrogen) atoms. The summed E-state index contributed by atoms with van der Waals surface area (Å²) in [5, 5.41) is 0. The molecule has 1 rings (SSSR count). The fourth-order valence-electron chi connectivity index (χ4n) is 1.89. The minimum atomic E-state index is -0.111. The van der Waals surface area contributed by atoms with Crippen molar-refractivity contribution >= 4 is 29.1 Å². The van der Waals surface area contributed by atoms with Crippen molar-refractivity contribution in [1.82, 2.24) is 4.90 Å². The topological polar surface area (TPSA) is 38.8 Å². The molecule has 0 radical (unpaired) electrons. The first-order valence-corrected chi connectivity index (χ1v) is 8.05. The van der Waals surface area contributed by atoms with Crippen LogP contribution in [0.2, 0.25) is 0 Å². The monoisotopic (exact) mass is 333 g/mol. The van der Waals surface area contributed by atoms with E-state index in [0.717, 1.165) is 0 Å². The highest BCUT2D eigenvalue weighted by Gasteiger charge is 2.17. The minimum Gasteiger partial charge on any atom is -0.490 e. The summed E-state index contributed by atoms with van der Waals surface area (Å²) in [7, 11) is 0. The summed E-state index contributed by atoms with van der Waals surface area (Å²) >= 11 is 11.5. The fourth-order valence-corrected chi connectivity index (χ4v) is 2.29. The molecule has 1 aromatic carbocycles. The van der Waals surface area contributed by atoms with E-state index >= 15 is 0 Å². The maximum Gasteiger partial charge on any atom is 0.254 e. The Kier molecular flexibility index (Phi) is 8.31. The Morgan fingerprint density at radius 1 is 1.05 bits per heavy atom. The molecule has 4 nitrogen and oxygen atoms in total. The van der Waals surface area contributed by atoms with Crippen molar-refractivity contribution in [2.45, 2.75) is 13.8 Å². The molecule has 0 unspecified atom stereocenters. The lowest BCUT2D eigenvalue weighted by molar-refractivity contribution is 0.0774. The first kappa shape index (κ1) is 17.9. The molecule has 0 aromatic heterocycles. The summed E-state index contributed by atoms with van der Waals surface area (Å²) in [4.78, 5) is 14.1. The van der Waals surface area contributed by atoms with Crippen LogP contribution in [0.4, 0.5) is 0 Å². The first-order chi connectivity index (χ1) is 10.2. The average molecular weight is 334 g/mol. The molecule has 0 spiro atoms. The molecule has 1 amide bonds. The molecule has 0 aliphatic rings. The minimum absolute atomic E-state index is 0.111. The second-order valence-corrected chi connectivity index (χ2v) is 4.95. The van der Waals surface area contributed by atoms with Gasteiger partial charge in [-0.1, -0.05) is 0 Å². The van der Waals surface area contributed by atoms with Gasteiger partial charge in [-0.25, -0.2) is 0 Å². The van der Waals surface area contributed by atoms with Gasteiger partial charge in [0.15, 0.2) is 11.5 Å². The van der Waals surface area contributed by atoms with E-state index in [-0.39, 0.29) is 5.91 Å². The van der Waals surface area contributed by atoms with E-state index in [2.05, 4.69) is 0 Å². The first-order valence-electron chi connectivity index (χ1n) is 6.98. The smallest absolute Gasteiger partial charge is 0.254 e. The SMILES string of the molecule is CCOc1ccc(C(=O)N(CCCl)CCCl)cc1OCC. The van der Waals surface area contributed by atoms with Gasteiger partial charge in [0.05, 0.1) is 13.2 Å². The second kappa shape index (κ2) is 9.74. The predicted octanol–water partition coefficient (Wildman–Crippen LogP) is 3.40. The van der Waals surface area contributed by atoms with Gasteiger partial charge in [-0.05, 0) is 32.0 Å². The molecule has 0 aliphatic carbocycles. The Bertz CT molecular complexity index is 449. The van der Waals surface area contributed by atoms with Crippen molar-refractivity contribution in [2.75, 3.05) is 38.1 Å². The van der Waals surface area contributed by atoms with Crippen LogP contribution in [0.1, 0.15) is 24.2 Å². The summed E-state index contributed by atoms with van der Waals surface area (Å²) in [5.74, 6) is 1.84. The number of carbonyl (C=O) groups is 1. The molecule has 0 fully saturated rings. The molecular weight excluding hydrogens is 313 g/mol. The van der Waals surface area contributed by atoms with Crippen molar-refractivity contribution < 1.29 is 14.3 Å². The van der Waals surface area contributed by atoms with Crippen LogP contribution in [0, 0.1) is 0 Å². The molecule has 0 heterocycles. The lowest BCUT2D eigenvalue weighted by Gasteiger charge is -2.21. The molecule has 0 aliphatic heterocycles. The number of carbonyl (C=O) groups excluding carboxylic acids is 1. The van der Waals surface area contributed by atoms with Crippen LogP contribution < -0.4 is 9.47 Å². The Labute approximate surface area is 135 Å². The summed E-state index contributed by atoms with van der Waals surface area (Å²) in [5.41, 5.74) is 0.539. The summed E-state index contributed by atoms with van der Waals surface area (Å²) in [6, 6.07) is 5.18. The van der Waals surface area contributed by atoms with E-state index in [0.29, 0.717) is 55.1 Å². The number of hydrogen-bond donors (Lipinski definition) is 0. The van der Waals surface area contributed by atoms with Crippen LogP contribution in [0.5, 0.6) is 11.5 Å². The molecule has 0 saturated heterocycles. The molecule has 0 saturated carbocycles. The van der Waals surface area contributed by atoms with Gasteiger partial charge in [0, 0.05) is 30.4 Å². The molecule has 1 aromatic rings. The van der Waals surface area contributed by atoms with Crippen LogP contribution in [-0.2, 0) is 0 Å². The van der Waals surface area contributed by atoms with Crippen LogP contribution >= 0.6 is 23.2 Å². The Morgan fingerprint density at radius 3 is 2.14 bits per heavy atom. The van der Waals surface area contributed by atoms with E-state index in [4.69, 9.17) is 32.7 Å². The number of halogens is 2. The number of amides is 1. The van der Waals surface area contributed by atoms with E-state index in [9.17, 15) is 4.79 Å². The zero-order chi connectivity index (χ0) is 15.7. The van der Waals surface area contributed by atoms with Crippen LogP contribution in [0.3, 0.4) is 0 Å². The third-order valence-corrected chi connectivity index (χ3v) is 3.12. The van der Waals surface area contributed by atoms with Crippen molar-refractivity contribution in [3.8, 4) is 11.5 Å². The van der Waals surface area contributed by atoms with Crippen LogP contribution in [-0.4, -0.2) is 48.9 Å².